The Morgan fingerprint density at radius 3 is 1.03 bits per heavy atom. The van der Waals surface area contributed by atoms with Gasteiger partial charge in [0.05, 0.1) is 61.2 Å². The number of rotatable bonds is 2. The topological polar surface area (TPSA) is 134 Å². The Morgan fingerprint density at radius 1 is 0.215 bits per heavy atom. The highest BCUT2D eigenvalue weighted by atomic mass is 14.9. The van der Waals surface area contributed by atoms with Crippen LogP contribution in [0.1, 0.15) is 74.9 Å². The van der Waals surface area contributed by atoms with E-state index in [-0.39, 0.29) is 0 Å². The van der Waals surface area contributed by atoms with Crippen LogP contribution in [0.4, 0.5) is 0 Å². The lowest BCUT2D eigenvalue weighted by atomic mass is 9.97. The van der Waals surface area contributed by atoms with Gasteiger partial charge in [0.15, 0.2) is 0 Å². The molecule has 0 bridgehead atoms. The van der Waals surface area contributed by atoms with Crippen LogP contribution in [0.25, 0.3) is 175 Å². The number of para-hydroxylation sites is 4. The summed E-state index contributed by atoms with van der Waals surface area (Å²) in [5.41, 5.74) is 15.7. The Morgan fingerprint density at radius 2 is 0.554 bits per heavy atom. The highest BCUT2D eigenvalue weighted by Gasteiger charge is 2.13. The molecule has 0 spiro atoms. The highest BCUT2D eigenvalue weighted by molar-refractivity contribution is 6.26. The van der Waals surface area contributed by atoms with Crippen molar-refractivity contribution in [1.29, 1.82) is 0 Å². The van der Waals surface area contributed by atoms with Crippen LogP contribution in [0.5, 0.6) is 0 Å². The lowest BCUT2D eigenvalue weighted by molar-refractivity contribution is 1.01. The Kier molecular flexibility index (Phi) is 30.6. The third-order valence-electron chi connectivity index (χ3n) is 20.0. The molecule has 0 fully saturated rings. The molecule has 16 aromatic carbocycles. The van der Waals surface area contributed by atoms with E-state index in [4.69, 9.17) is 0 Å². The van der Waals surface area contributed by atoms with E-state index in [1.807, 2.05) is 210 Å². The van der Waals surface area contributed by atoms with E-state index in [2.05, 4.69) is 292 Å². The minimum absolute atomic E-state index is 0.942. The van der Waals surface area contributed by atoms with Crippen molar-refractivity contribution in [3.63, 3.8) is 0 Å². The predicted molar refractivity (Wildman–Crippen MR) is 519 cm³/mol. The van der Waals surface area contributed by atoms with Crippen LogP contribution in [-0.2, 0) is 7.05 Å². The molecule has 0 unspecified atom stereocenters. The summed E-state index contributed by atoms with van der Waals surface area (Å²) in [4.78, 5) is 44.3. The number of aromatic nitrogens is 11. The van der Waals surface area contributed by atoms with Crippen LogP contribution in [-0.4, -0.2) is 54.4 Å². The molecule has 0 aliphatic rings. The first kappa shape index (κ1) is 85.4. The Balaban J connectivity index is 0.000000127. The molecule has 11 nitrogen and oxygen atoms in total. The number of benzene rings is 16. The van der Waals surface area contributed by atoms with E-state index in [1.165, 1.54) is 97.2 Å². The maximum absolute atomic E-state index is 4.68. The van der Waals surface area contributed by atoms with Gasteiger partial charge < -0.3 is 4.57 Å². The van der Waals surface area contributed by atoms with E-state index in [9.17, 15) is 0 Å². The van der Waals surface area contributed by atoms with Gasteiger partial charge >= 0.3 is 0 Å². The summed E-state index contributed by atoms with van der Waals surface area (Å²) in [7, 11) is 2.12. The fourth-order valence-corrected chi connectivity index (χ4v) is 14.8. The highest BCUT2D eigenvalue weighted by Crippen LogP contribution is 2.37. The smallest absolute Gasteiger partial charge is 0.116 e. The Labute approximate surface area is 708 Å². The van der Waals surface area contributed by atoms with E-state index in [0.717, 1.165) is 83.1 Å². The molecule has 0 amide bonds. The van der Waals surface area contributed by atoms with Crippen molar-refractivity contribution in [3.05, 3.63) is 401 Å². The molecule has 121 heavy (non-hydrogen) atoms. The largest absolute Gasteiger partial charge is 0.344 e. The number of hydrogen-bond acceptors (Lipinski definition) is 10. The maximum atomic E-state index is 4.68. The van der Waals surface area contributed by atoms with Gasteiger partial charge in [-0.3, -0.25) is 29.9 Å². The molecule has 11 heteroatoms. The van der Waals surface area contributed by atoms with E-state index in [1.54, 1.807) is 31.1 Å². The van der Waals surface area contributed by atoms with Crippen LogP contribution < -0.4 is 0 Å². The molecule has 596 valence electrons. The van der Waals surface area contributed by atoms with Gasteiger partial charge in [0, 0.05) is 121 Å². The quantitative estimate of drug-likeness (QED) is 0.154. The number of hydrogen-bond donors (Lipinski definition) is 0. The van der Waals surface area contributed by atoms with Gasteiger partial charge in [-0.1, -0.05) is 366 Å². The molecule has 0 saturated heterocycles. The summed E-state index contributed by atoms with van der Waals surface area (Å²) < 4.78 is 2.24. The zero-order valence-electron chi connectivity index (χ0n) is 70.9. The fraction of sp³-hybridized carbons (Fsp3) is 0.109. The van der Waals surface area contributed by atoms with Crippen molar-refractivity contribution in [2.45, 2.75) is 76.2 Å². The molecule has 0 aliphatic heterocycles. The summed E-state index contributed by atoms with van der Waals surface area (Å²) >= 11 is 0. The van der Waals surface area contributed by atoms with Crippen LogP contribution in [0.2, 0.25) is 0 Å². The van der Waals surface area contributed by atoms with Crippen LogP contribution in [0, 0.1) is 6.92 Å². The average molecular weight is 1580 g/mol. The lowest BCUT2D eigenvalue weighted by Crippen LogP contribution is -1.93. The van der Waals surface area contributed by atoms with Crippen LogP contribution in [0.3, 0.4) is 0 Å². The summed E-state index contributed by atoms with van der Waals surface area (Å²) in [5.74, 6) is 0. The van der Waals surface area contributed by atoms with Gasteiger partial charge in [0.2, 0.25) is 0 Å². The van der Waals surface area contributed by atoms with Gasteiger partial charge in [-0.25, -0.2) is 19.9 Å². The second-order valence-electron chi connectivity index (χ2n) is 26.6. The molecule has 23 rings (SSSR count). The number of pyridine rings is 2. The molecule has 0 N–H and O–H groups in total. The SMILES string of the molecule is CC.CC.CC.CC.CC.Cc1nc2ccccc2nc1-c1ccccc1.Cn1c2ccccc2c2ccccc21.c1ccc(-c2ccccn2)cc1.c1ccc2c(c1)c1ccccc1c1ncccc21.c1ccc2c(c1)c1ccccc1c1nccnc21.c1ccc2c(c1)c1ccccc1c1ncncc21.c1ccc2c(c1)ccc1nccnc12. The zero-order chi connectivity index (χ0) is 84.7. The molecule has 23 aromatic rings. The number of nitrogens with zero attached hydrogens (tertiary/aromatic N) is 11. The van der Waals surface area contributed by atoms with Gasteiger partial charge in [0.25, 0.3) is 0 Å². The normalized spacial score (nSPS) is 10.3. The predicted octanol–water partition coefficient (Wildman–Crippen LogP) is 30.0. The van der Waals surface area contributed by atoms with Crippen molar-refractivity contribution < 1.29 is 0 Å². The lowest BCUT2D eigenvalue weighted by Gasteiger charge is -2.08. The minimum Gasteiger partial charge on any atom is -0.344 e. The van der Waals surface area contributed by atoms with Gasteiger partial charge in [-0.2, -0.15) is 0 Å². The standard InChI is InChI=1S/C17H11N.2C16H10N2.C15H12N2.C13H11N.C12H8N2.C11H9N.5C2H6/c1-2-7-14-12(6-1)13-8-3-4-9-15(13)17-16(14)10-5-11-18-17;1-3-7-13-11(5-1)12-6-2-4-8-14(12)16-15(13)17-9-10-18-16;1-2-7-13-11(5-1)12-6-3-4-8-14(12)16-15(13)9-17-10-18-16;1-11-15(12-7-3-2-4-8-12)17-14-10-6-5-9-13(14)16-11;1-14-12-8-4-2-6-10(12)11-7-3-5-9-13(11)14;1-2-4-10-9(3-1)5-6-11-12(10)14-8-7-13-11;1-2-6-10(7-3-1)11-8-4-5-9-12-11;5*1-2/h1-11H;2*1-10H;2-10H,1H3;2-9H,1H3;1-8H;1-9H;5*1-2H3. The minimum atomic E-state index is 0.942. The molecular weight excluding hydrogens is 1480 g/mol. The first-order chi connectivity index (χ1) is 60.0. The van der Waals surface area contributed by atoms with E-state index in [0.29, 0.717) is 0 Å². The summed E-state index contributed by atoms with van der Waals surface area (Å²) in [5, 5.41) is 22.2. The second-order valence-corrected chi connectivity index (χ2v) is 26.6. The van der Waals surface area contributed by atoms with Crippen LogP contribution >= 0.6 is 0 Å². The average Bonchev–Trinajstić information content (AvgIpc) is 1.72. The van der Waals surface area contributed by atoms with Gasteiger partial charge in [-0.15, -0.1) is 0 Å². The summed E-state index contributed by atoms with van der Waals surface area (Å²) in [6.07, 6.45) is 14.1. The molecule has 0 atom stereocenters. The van der Waals surface area contributed by atoms with Crippen molar-refractivity contribution in [3.8, 4) is 22.5 Å². The van der Waals surface area contributed by atoms with E-state index >= 15 is 0 Å². The van der Waals surface area contributed by atoms with Crippen LogP contribution in [0.15, 0.2) is 395 Å². The molecule has 0 aliphatic carbocycles. The molecule has 0 radical (unpaired) electrons. The number of fused-ring (bicyclic) bond motifs is 25. The molecule has 7 aromatic heterocycles. The van der Waals surface area contributed by atoms with E-state index < -0.39 is 0 Å². The second kappa shape index (κ2) is 43.3. The summed E-state index contributed by atoms with van der Waals surface area (Å²) in [6.45, 7) is 22.0. The first-order valence-corrected chi connectivity index (χ1v) is 41.9. The van der Waals surface area contributed by atoms with Crippen molar-refractivity contribution in [1.82, 2.24) is 54.4 Å². The first-order valence-electron chi connectivity index (χ1n) is 41.9. The van der Waals surface area contributed by atoms with Crippen molar-refractivity contribution >= 4 is 152 Å². The van der Waals surface area contributed by atoms with Crippen molar-refractivity contribution in [2.75, 3.05) is 0 Å². The third kappa shape index (κ3) is 19.4. The van der Waals surface area contributed by atoms with Crippen molar-refractivity contribution in [2.24, 2.45) is 7.05 Å². The Bertz CT molecular complexity index is 6100. The van der Waals surface area contributed by atoms with Gasteiger partial charge in [0.1, 0.15) is 6.33 Å². The molecule has 7 heterocycles. The fourth-order valence-electron chi connectivity index (χ4n) is 14.8. The molecular formula is C110H101N11. The molecule has 0 saturated carbocycles. The van der Waals surface area contributed by atoms with Gasteiger partial charge in [-0.05, 0) is 104 Å². The zero-order valence-corrected chi connectivity index (χ0v) is 70.9. The maximum Gasteiger partial charge on any atom is 0.116 e. The monoisotopic (exact) mass is 1580 g/mol. The third-order valence-corrected chi connectivity index (χ3v) is 20.0. The number of aryl methyl sites for hydroxylation is 2. The summed E-state index contributed by atoms with van der Waals surface area (Å²) in [6, 6.07) is 118. The Hall–Kier alpha value is -14.9.